The summed E-state index contributed by atoms with van der Waals surface area (Å²) in [7, 11) is 2.70. The second kappa shape index (κ2) is 6.00. The number of aryl methyl sites for hydroxylation is 1. The molecule has 0 bridgehead atoms. The average molecular weight is 347 g/mol. The molecular weight excluding hydrogens is 336 g/mol. The molecule has 9 heteroatoms. The zero-order valence-corrected chi connectivity index (χ0v) is 13.5. The summed E-state index contributed by atoms with van der Waals surface area (Å²) >= 11 is 1.36. The minimum atomic E-state index is -3.92. The van der Waals surface area contributed by atoms with Crippen molar-refractivity contribution in [3.05, 3.63) is 34.3 Å². The molecule has 0 aliphatic heterocycles. The highest BCUT2D eigenvalue weighted by Crippen LogP contribution is 2.29. The molecule has 2 aromatic rings. The summed E-state index contributed by atoms with van der Waals surface area (Å²) in [5.74, 6) is -0.333. The topological polar surface area (TPSA) is 85.4 Å². The second-order valence-corrected chi connectivity index (χ2v) is 7.61. The van der Waals surface area contributed by atoms with Crippen LogP contribution in [0.15, 0.2) is 28.5 Å². The number of anilines is 1. The fourth-order valence-corrected chi connectivity index (χ4v) is 3.20. The van der Waals surface area contributed by atoms with Gasteiger partial charge in [-0.1, -0.05) is 0 Å². The number of amides is 1. The highest BCUT2D eigenvalue weighted by molar-refractivity contribution is 8.13. The third-order valence-corrected chi connectivity index (χ3v) is 4.67. The molecule has 0 saturated carbocycles. The van der Waals surface area contributed by atoms with E-state index in [1.807, 2.05) is 0 Å². The summed E-state index contributed by atoms with van der Waals surface area (Å²) < 4.78 is 27.7. The van der Waals surface area contributed by atoms with Crippen molar-refractivity contribution in [3.8, 4) is 5.75 Å². The molecule has 0 aliphatic carbocycles. The Morgan fingerprint density at radius 1 is 1.43 bits per heavy atom. The summed E-state index contributed by atoms with van der Waals surface area (Å²) in [6.07, 6.45) is 0. The number of aromatic nitrogens is 1. The standard InChI is InChI=1S/C12H11ClN2O4S2/c1-7-14-9(6-20-7)12(16)15-8-3-4-11(21(13,17)18)10(5-8)19-2/h3-6H,1-2H3,(H,15,16). The molecule has 0 radical (unpaired) electrons. The van der Waals surface area contributed by atoms with Gasteiger partial charge in [-0.25, -0.2) is 13.4 Å². The predicted octanol–water partition coefficient (Wildman–Crippen LogP) is 2.64. The first kappa shape index (κ1) is 15.7. The quantitative estimate of drug-likeness (QED) is 0.860. The number of hydrogen-bond donors (Lipinski definition) is 1. The number of nitrogens with zero attached hydrogens (tertiary/aromatic N) is 1. The predicted molar refractivity (Wildman–Crippen MR) is 80.8 cm³/mol. The van der Waals surface area contributed by atoms with E-state index < -0.39 is 9.05 Å². The Morgan fingerprint density at radius 2 is 2.14 bits per heavy atom. The molecule has 0 fully saturated rings. The van der Waals surface area contributed by atoms with Crippen LogP contribution in [0.3, 0.4) is 0 Å². The molecule has 0 spiro atoms. The van der Waals surface area contributed by atoms with Crippen LogP contribution in [0.1, 0.15) is 15.5 Å². The molecule has 0 saturated heterocycles. The van der Waals surface area contributed by atoms with Gasteiger partial charge in [-0.15, -0.1) is 11.3 Å². The van der Waals surface area contributed by atoms with Crippen molar-refractivity contribution in [1.29, 1.82) is 0 Å². The van der Waals surface area contributed by atoms with Crippen molar-refractivity contribution in [2.24, 2.45) is 0 Å². The van der Waals surface area contributed by atoms with Crippen LogP contribution in [0.25, 0.3) is 0 Å². The van der Waals surface area contributed by atoms with Crippen LogP contribution in [0.5, 0.6) is 5.75 Å². The maximum absolute atomic E-state index is 12.0. The van der Waals surface area contributed by atoms with E-state index in [1.54, 1.807) is 12.3 Å². The van der Waals surface area contributed by atoms with Gasteiger partial charge in [-0.3, -0.25) is 4.79 Å². The van der Waals surface area contributed by atoms with E-state index in [9.17, 15) is 13.2 Å². The van der Waals surface area contributed by atoms with Gasteiger partial charge in [-0.05, 0) is 19.1 Å². The van der Waals surface area contributed by atoms with Gasteiger partial charge < -0.3 is 10.1 Å². The maximum atomic E-state index is 12.0. The van der Waals surface area contributed by atoms with Crippen molar-refractivity contribution in [3.63, 3.8) is 0 Å². The van der Waals surface area contributed by atoms with Crippen molar-refractivity contribution in [2.45, 2.75) is 11.8 Å². The number of halogens is 1. The monoisotopic (exact) mass is 346 g/mol. The van der Waals surface area contributed by atoms with E-state index in [0.29, 0.717) is 11.4 Å². The van der Waals surface area contributed by atoms with Gasteiger partial charge in [-0.2, -0.15) is 0 Å². The van der Waals surface area contributed by atoms with Crippen molar-refractivity contribution in [2.75, 3.05) is 12.4 Å². The lowest BCUT2D eigenvalue weighted by Crippen LogP contribution is -2.12. The fourth-order valence-electron chi connectivity index (χ4n) is 1.61. The number of thiazole rings is 1. The molecule has 0 atom stereocenters. The molecule has 1 N–H and O–H groups in total. The Balaban J connectivity index is 2.28. The lowest BCUT2D eigenvalue weighted by atomic mass is 10.3. The number of carbonyl (C=O) groups is 1. The van der Waals surface area contributed by atoms with Gasteiger partial charge in [0.15, 0.2) is 0 Å². The van der Waals surface area contributed by atoms with Crippen molar-refractivity contribution >= 4 is 42.7 Å². The molecule has 1 amide bonds. The Bertz CT molecular complexity index is 786. The summed E-state index contributed by atoms with van der Waals surface area (Å²) in [4.78, 5) is 15.9. The van der Waals surface area contributed by atoms with E-state index in [1.165, 1.54) is 36.6 Å². The summed E-state index contributed by atoms with van der Waals surface area (Å²) in [6.45, 7) is 1.80. The van der Waals surface area contributed by atoms with Crippen LogP contribution in [0.4, 0.5) is 5.69 Å². The van der Waals surface area contributed by atoms with E-state index in [2.05, 4.69) is 10.3 Å². The Kier molecular flexibility index (Phi) is 4.50. The second-order valence-electron chi connectivity index (χ2n) is 4.01. The Labute approximate surface area is 130 Å². The summed E-state index contributed by atoms with van der Waals surface area (Å²) in [6, 6.07) is 4.07. The summed E-state index contributed by atoms with van der Waals surface area (Å²) in [5.41, 5.74) is 0.678. The lowest BCUT2D eigenvalue weighted by molar-refractivity contribution is 0.102. The number of ether oxygens (including phenoxy) is 1. The zero-order chi connectivity index (χ0) is 15.6. The third-order valence-electron chi connectivity index (χ3n) is 2.54. The first-order chi connectivity index (χ1) is 9.81. The molecule has 1 heterocycles. The van der Waals surface area contributed by atoms with Gasteiger partial charge in [0.2, 0.25) is 0 Å². The van der Waals surface area contributed by atoms with Gasteiger partial charge in [0, 0.05) is 27.8 Å². The van der Waals surface area contributed by atoms with Crippen LogP contribution >= 0.6 is 22.0 Å². The number of methoxy groups -OCH3 is 1. The molecule has 2 rings (SSSR count). The fraction of sp³-hybridized carbons (Fsp3) is 0.167. The Morgan fingerprint density at radius 3 is 2.67 bits per heavy atom. The first-order valence-corrected chi connectivity index (χ1v) is 8.86. The van der Waals surface area contributed by atoms with Gasteiger partial charge in [0.1, 0.15) is 16.3 Å². The molecule has 0 aliphatic rings. The van der Waals surface area contributed by atoms with Crippen molar-refractivity contribution in [1.82, 2.24) is 4.98 Å². The molecule has 112 valence electrons. The minimum absolute atomic E-state index is 0.0530. The Hall–Kier alpha value is -1.64. The molecule has 6 nitrogen and oxygen atoms in total. The average Bonchev–Trinajstić information content (AvgIpc) is 2.84. The van der Waals surface area contributed by atoms with Crippen LogP contribution in [0, 0.1) is 6.92 Å². The van der Waals surface area contributed by atoms with Crippen LogP contribution in [-0.4, -0.2) is 26.4 Å². The van der Waals surface area contributed by atoms with Gasteiger partial charge in [0.05, 0.1) is 12.1 Å². The number of carbonyl (C=O) groups excluding carboxylic acids is 1. The van der Waals surface area contributed by atoms with Crippen LogP contribution in [-0.2, 0) is 9.05 Å². The first-order valence-electron chi connectivity index (χ1n) is 5.67. The molecule has 21 heavy (non-hydrogen) atoms. The lowest BCUT2D eigenvalue weighted by Gasteiger charge is -2.09. The normalized spacial score (nSPS) is 11.2. The van der Waals surface area contributed by atoms with Crippen LogP contribution < -0.4 is 10.1 Å². The number of hydrogen-bond acceptors (Lipinski definition) is 6. The van der Waals surface area contributed by atoms with E-state index in [-0.39, 0.29) is 16.6 Å². The van der Waals surface area contributed by atoms with Crippen molar-refractivity contribution < 1.29 is 17.9 Å². The van der Waals surface area contributed by atoms with E-state index in [4.69, 9.17) is 15.4 Å². The SMILES string of the molecule is COc1cc(NC(=O)c2csc(C)n2)ccc1S(=O)(=O)Cl. The van der Waals surface area contributed by atoms with Gasteiger partial charge >= 0.3 is 0 Å². The molecular formula is C12H11ClN2O4S2. The van der Waals surface area contributed by atoms with E-state index >= 15 is 0 Å². The smallest absolute Gasteiger partial charge is 0.275 e. The zero-order valence-electron chi connectivity index (χ0n) is 11.1. The molecule has 1 aromatic carbocycles. The minimum Gasteiger partial charge on any atom is -0.495 e. The third kappa shape index (κ3) is 3.72. The van der Waals surface area contributed by atoms with Gasteiger partial charge in [0.25, 0.3) is 15.0 Å². The number of nitrogens with one attached hydrogen (secondary N) is 1. The highest BCUT2D eigenvalue weighted by Gasteiger charge is 2.18. The van der Waals surface area contributed by atoms with E-state index in [0.717, 1.165) is 5.01 Å². The maximum Gasteiger partial charge on any atom is 0.275 e. The highest BCUT2D eigenvalue weighted by atomic mass is 35.7. The number of benzene rings is 1. The largest absolute Gasteiger partial charge is 0.495 e. The molecule has 0 unspecified atom stereocenters. The number of rotatable bonds is 4. The molecule has 1 aromatic heterocycles. The summed E-state index contributed by atoms with van der Waals surface area (Å²) in [5, 5.41) is 5.03. The van der Waals surface area contributed by atoms with Crippen LogP contribution in [0.2, 0.25) is 0 Å².